The maximum Gasteiger partial charge on any atom is 0.0691 e. The van der Waals surface area contributed by atoms with Crippen LogP contribution in [-0.2, 0) is 13.0 Å². The van der Waals surface area contributed by atoms with Crippen molar-refractivity contribution in [1.82, 2.24) is 9.78 Å². The molecule has 1 aromatic heterocycles. The molecule has 3 rings (SSSR count). The smallest absolute Gasteiger partial charge is 0.0691 e. The minimum absolute atomic E-state index is 0.465. The van der Waals surface area contributed by atoms with E-state index in [1.165, 1.54) is 31.2 Å². The Kier molecular flexibility index (Phi) is 3.18. The van der Waals surface area contributed by atoms with Crippen LogP contribution in [0.3, 0.4) is 0 Å². The lowest BCUT2D eigenvalue weighted by Gasteiger charge is -2.37. The summed E-state index contributed by atoms with van der Waals surface area (Å²) < 4.78 is 1.94. The molecule has 2 saturated carbocycles. The molecule has 2 fully saturated rings. The van der Waals surface area contributed by atoms with Gasteiger partial charge in [-0.15, -0.1) is 0 Å². The zero-order chi connectivity index (χ0) is 12.6. The molecule has 1 aromatic rings. The molecule has 1 N–H and O–H groups in total. The van der Waals surface area contributed by atoms with E-state index in [-0.39, 0.29) is 0 Å². The fraction of sp³-hybridized carbons (Fsp3) is 0.800. The summed E-state index contributed by atoms with van der Waals surface area (Å²) in [6.07, 6.45) is 12.1. The Morgan fingerprint density at radius 3 is 2.89 bits per heavy atom. The molecule has 0 saturated heterocycles. The maximum absolute atomic E-state index is 10.8. The van der Waals surface area contributed by atoms with Gasteiger partial charge in [0.25, 0.3) is 0 Å². The van der Waals surface area contributed by atoms with Crippen LogP contribution in [-0.4, -0.2) is 20.5 Å². The Labute approximate surface area is 109 Å². The summed E-state index contributed by atoms with van der Waals surface area (Å²) in [5.74, 6) is 1.71. The Morgan fingerprint density at radius 1 is 1.39 bits per heavy atom. The summed E-state index contributed by atoms with van der Waals surface area (Å²) in [6.45, 7) is 3.00. The Hall–Kier alpha value is -0.830. The van der Waals surface area contributed by atoms with Crippen LogP contribution in [0.25, 0.3) is 0 Å². The third kappa shape index (κ3) is 2.61. The van der Waals surface area contributed by atoms with Crippen LogP contribution in [0.1, 0.15) is 51.0 Å². The van der Waals surface area contributed by atoms with Crippen molar-refractivity contribution in [2.45, 2.75) is 64.0 Å². The van der Waals surface area contributed by atoms with Gasteiger partial charge in [-0.05, 0) is 56.4 Å². The third-order valence-corrected chi connectivity index (χ3v) is 4.69. The van der Waals surface area contributed by atoms with E-state index in [1.807, 2.05) is 10.9 Å². The van der Waals surface area contributed by atoms with Crippen LogP contribution in [0.5, 0.6) is 0 Å². The molecule has 0 aromatic carbocycles. The van der Waals surface area contributed by atoms with Gasteiger partial charge in [-0.3, -0.25) is 4.68 Å². The summed E-state index contributed by atoms with van der Waals surface area (Å²) in [6, 6.07) is 0. The average molecular weight is 248 g/mol. The minimum Gasteiger partial charge on any atom is -0.390 e. The van der Waals surface area contributed by atoms with Crippen molar-refractivity contribution in [2.24, 2.45) is 11.8 Å². The van der Waals surface area contributed by atoms with Gasteiger partial charge >= 0.3 is 0 Å². The van der Waals surface area contributed by atoms with Crippen LogP contribution < -0.4 is 0 Å². The maximum atomic E-state index is 10.8. The van der Waals surface area contributed by atoms with Gasteiger partial charge in [-0.2, -0.15) is 5.10 Å². The second-order valence-corrected chi connectivity index (χ2v) is 6.30. The predicted octanol–water partition coefficient (Wildman–Crippen LogP) is 2.78. The normalized spacial score (nSPS) is 32.7. The van der Waals surface area contributed by atoms with E-state index in [2.05, 4.69) is 18.2 Å². The van der Waals surface area contributed by atoms with Crippen LogP contribution in [0.2, 0.25) is 0 Å². The highest BCUT2D eigenvalue weighted by Crippen LogP contribution is 2.47. The number of hydrogen-bond acceptors (Lipinski definition) is 2. The standard InChI is InChI=1S/C15H24N2O/c1-2-17-11-12(10-16-17)8-15(18)7-3-4-14(9-15)13-5-6-13/h10-11,13-14,18H,2-9H2,1H3. The van der Waals surface area contributed by atoms with Crippen molar-refractivity contribution >= 4 is 0 Å². The fourth-order valence-electron chi connectivity index (χ4n) is 3.57. The molecule has 18 heavy (non-hydrogen) atoms. The van der Waals surface area contributed by atoms with Gasteiger partial charge < -0.3 is 5.11 Å². The van der Waals surface area contributed by atoms with Crippen molar-refractivity contribution < 1.29 is 5.11 Å². The molecule has 2 aliphatic carbocycles. The van der Waals surface area contributed by atoms with Crippen molar-refractivity contribution in [3.63, 3.8) is 0 Å². The lowest BCUT2D eigenvalue weighted by molar-refractivity contribution is -0.0195. The molecule has 2 unspecified atom stereocenters. The first-order chi connectivity index (χ1) is 8.68. The SMILES string of the molecule is CCn1cc(CC2(O)CCCC(C3CC3)C2)cn1. The van der Waals surface area contributed by atoms with Gasteiger partial charge in [-0.25, -0.2) is 0 Å². The van der Waals surface area contributed by atoms with Gasteiger partial charge in [0.2, 0.25) is 0 Å². The van der Waals surface area contributed by atoms with E-state index in [0.29, 0.717) is 0 Å². The lowest BCUT2D eigenvalue weighted by atomic mass is 9.74. The summed E-state index contributed by atoms with van der Waals surface area (Å²) in [5.41, 5.74) is 0.725. The number of rotatable bonds is 4. The number of hydrogen-bond donors (Lipinski definition) is 1. The van der Waals surface area contributed by atoms with E-state index in [9.17, 15) is 5.11 Å². The molecule has 0 bridgehead atoms. The van der Waals surface area contributed by atoms with E-state index in [4.69, 9.17) is 0 Å². The van der Waals surface area contributed by atoms with E-state index >= 15 is 0 Å². The first-order valence-corrected chi connectivity index (χ1v) is 7.42. The van der Waals surface area contributed by atoms with Gasteiger partial charge in [-0.1, -0.05) is 6.42 Å². The zero-order valence-corrected chi connectivity index (χ0v) is 11.3. The molecule has 2 aliphatic rings. The number of aromatic nitrogens is 2. The summed E-state index contributed by atoms with van der Waals surface area (Å²) in [4.78, 5) is 0. The van der Waals surface area contributed by atoms with Crippen molar-refractivity contribution in [3.05, 3.63) is 18.0 Å². The van der Waals surface area contributed by atoms with Crippen LogP contribution in [0.4, 0.5) is 0 Å². The molecule has 1 heterocycles. The van der Waals surface area contributed by atoms with Gasteiger partial charge in [0.1, 0.15) is 0 Å². The Bertz CT molecular complexity index is 410. The minimum atomic E-state index is -0.465. The van der Waals surface area contributed by atoms with E-state index < -0.39 is 5.60 Å². The van der Waals surface area contributed by atoms with Gasteiger partial charge in [0, 0.05) is 19.2 Å². The van der Waals surface area contributed by atoms with Gasteiger partial charge in [0.05, 0.1) is 11.8 Å². The highest BCUT2D eigenvalue weighted by atomic mass is 16.3. The highest BCUT2D eigenvalue weighted by molar-refractivity contribution is 5.09. The summed E-state index contributed by atoms with van der Waals surface area (Å²) in [5, 5.41) is 15.1. The summed E-state index contributed by atoms with van der Waals surface area (Å²) >= 11 is 0. The fourth-order valence-corrected chi connectivity index (χ4v) is 3.57. The molecule has 100 valence electrons. The Morgan fingerprint density at radius 2 is 2.22 bits per heavy atom. The van der Waals surface area contributed by atoms with Crippen molar-refractivity contribution in [2.75, 3.05) is 0 Å². The topological polar surface area (TPSA) is 38.0 Å². The highest BCUT2D eigenvalue weighted by Gasteiger charge is 2.40. The number of nitrogens with zero attached hydrogens (tertiary/aromatic N) is 2. The molecule has 0 spiro atoms. The monoisotopic (exact) mass is 248 g/mol. The molecule has 3 heteroatoms. The third-order valence-electron chi connectivity index (χ3n) is 4.69. The molecule has 2 atom stereocenters. The van der Waals surface area contributed by atoms with Gasteiger partial charge in [0.15, 0.2) is 0 Å². The molecular formula is C15H24N2O. The van der Waals surface area contributed by atoms with Crippen LogP contribution in [0, 0.1) is 11.8 Å². The van der Waals surface area contributed by atoms with E-state index in [1.54, 1.807) is 0 Å². The van der Waals surface area contributed by atoms with Crippen LogP contribution >= 0.6 is 0 Å². The molecule has 3 nitrogen and oxygen atoms in total. The lowest BCUT2D eigenvalue weighted by Crippen LogP contribution is -2.37. The number of aryl methyl sites for hydroxylation is 1. The summed E-state index contributed by atoms with van der Waals surface area (Å²) in [7, 11) is 0. The second-order valence-electron chi connectivity index (χ2n) is 6.30. The number of aliphatic hydroxyl groups is 1. The Balaban J connectivity index is 1.65. The van der Waals surface area contributed by atoms with Crippen molar-refractivity contribution in [3.8, 4) is 0 Å². The predicted molar refractivity (Wildman–Crippen MR) is 71.2 cm³/mol. The first kappa shape index (κ1) is 12.2. The first-order valence-electron chi connectivity index (χ1n) is 7.42. The molecule has 0 radical (unpaired) electrons. The second kappa shape index (κ2) is 4.69. The molecule has 0 amide bonds. The largest absolute Gasteiger partial charge is 0.390 e. The average Bonchev–Trinajstić information content (AvgIpc) is 3.11. The molecule has 0 aliphatic heterocycles. The van der Waals surface area contributed by atoms with Crippen molar-refractivity contribution in [1.29, 1.82) is 0 Å². The van der Waals surface area contributed by atoms with Crippen LogP contribution in [0.15, 0.2) is 12.4 Å². The molecular weight excluding hydrogens is 224 g/mol. The quantitative estimate of drug-likeness (QED) is 0.889. The van der Waals surface area contributed by atoms with E-state index in [0.717, 1.165) is 37.6 Å². The zero-order valence-electron chi connectivity index (χ0n) is 11.3.